The van der Waals surface area contributed by atoms with Crippen LogP contribution in [0.4, 0.5) is 9.52 Å². The van der Waals surface area contributed by atoms with Crippen molar-refractivity contribution in [1.82, 2.24) is 4.98 Å². The fourth-order valence-corrected chi connectivity index (χ4v) is 4.49. The van der Waals surface area contributed by atoms with Crippen LogP contribution in [0.15, 0.2) is 18.2 Å². The van der Waals surface area contributed by atoms with E-state index in [9.17, 15) is 4.39 Å². The summed E-state index contributed by atoms with van der Waals surface area (Å²) < 4.78 is 14.1. The van der Waals surface area contributed by atoms with Gasteiger partial charge in [0, 0.05) is 6.04 Å². The minimum absolute atomic E-state index is 0.183. The zero-order chi connectivity index (χ0) is 12.1. The number of hydrogen-bond acceptors (Lipinski definition) is 3. The number of fused-ring (bicyclic) bond motifs is 3. The van der Waals surface area contributed by atoms with E-state index in [0.29, 0.717) is 6.04 Å². The molecule has 0 aliphatic heterocycles. The lowest BCUT2D eigenvalue weighted by atomic mass is 9.96. The first-order valence-corrected chi connectivity index (χ1v) is 7.42. The van der Waals surface area contributed by atoms with E-state index < -0.39 is 0 Å². The fourth-order valence-electron chi connectivity index (χ4n) is 3.54. The van der Waals surface area contributed by atoms with Gasteiger partial charge in [-0.3, -0.25) is 0 Å². The van der Waals surface area contributed by atoms with Crippen molar-refractivity contribution in [1.29, 1.82) is 0 Å². The molecule has 1 N–H and O–H groups in total. The van der Waals surface area contributed by atoms with E-state index in [2.05, 4.69) is 10.3 Å². The zero-order valence-electron chi connectivity index (χ0n) is 10.0. The molecular formula is C14H15FN2S. The Balaban J connectivity index is 1.59. The molecule has 2 nitrogen and oxygen atoms in total. The van der Waals surface area contributed by atoms with E-state index in [1.807, 2.05) is 0 Å². The molecule has 4 rings (SSSR count). The van der Waals surface area contributed by atoms with Gasteiger partial charge in [0.2, 0.25) is 0 Å². The second kappa shape index (κ2) is 3.92. The summed E-state index contributed by atoms with van der Waals surface area (Å²) in [5.74, 6) is 1.58. The van der Waals surface area contributed by atoms with Crippen LogP contribution in [-0.2, 0) is 0 Å². The minimum Gasteiger partial charge on any atom is -0.358 e. The summed E-state index contributed by atoms with van der Waals surface area (Å²) in [7, 11) is 0. The predicted octanol–water partition coefficient (Wildman–Crippen LogP) is 4.04. The Morgan fingerprint density at radius 1 is 1.28 bits per heavy atom. The van der Waals surface area contributed by atoms with Gasteiger partial charge in [-0.05, 0) is 49.3 Å². The molecule has 94 valence electrons. The third-order valence-corrected chi connectivity index (χ3v) is 5.35. The molecule has 2 saturated carbocycles. The molecule has 0 amide bonds. The van der Waals surface area contributed by atoms with E-state index >= 15 is 0 Å². The van der Waals surface area contributed by atoms with Crippen molar-refractivity contribution in [3.8, 4) is 0 Å². The van der Waals surface area contributed by atoms with Crippen LogP contribution in [-0.4, -0.2) is 11.0 Å². The molecule has 18 heavy (non-hydrogen) atoms. The molecule has 1 aromatic heterocycles. The highest BCUT2D eigenvalue weighted by Crippen LogP contribution is 2.45. The molecular weight excluding hydrogens is 247 g/mol. The molecule has 3 unspecified atom stereocenters. The van der Waals surface area contributed by atoms with Gasteiger partial charge in [-0.25, -0.2) is 9.37 Å². The summed E-state index contributed by atoms with van der Waals surface area (Å²) in [6, 6.07) is 5.39. The summed E-state index contributed by atoms with van der Waals surface area (Å²) in [5, 5.41) is 4.52. The van der Waals surface area contributed by atoms with Crippen molar-refractivity contribution in [2.45, 2.75) is 31.7 Å². The molecule has 2 aliphatic rings. The normalized spacial score (nSPS) is 30.2. The van der Waals surface area contributed by atoms with Gasteiger partial charge in [-0.2, -0.15) is 0 Å². The van der Waals surface area contributed by atoms with Crippen LogP contribution in [0.2, 0.25) is 0 Å². The van der Waals surface area contributed by atoms with Gasteiger partial charge in [0.15, 0.2) is 5.13 Å². The van der Waals surface area contributed by atoms with Crippen molar-refractivity contribution in [3.63, 3.8) is 0 Å². The Bertz CT molecular complexity index is 594. The number of anilines is 1. The Kier molecular flexibility index (Phi) is 2.34. The summed E-state index contributed by atoms with van der Waals surface area (Å²) >= 11 is 1.56. The van der Waals surface area contributed by atoms with Crippen molar-refractivity contribution >= 4 is 26.7 Å². The highest BCUT2D eigenvalue weighted by molar-refractivity contribution is 7.22. The number of benzene rings is 1. The lowest BCUT2D eigenvalue weighted by Crippen LogP contribution is -2.25. The molecule has 0 radical (unpaired) electrons. The number of halogens is 1. The van der Waals surface area contributed by atoms with E-state index in [4.69, 9.17) is 0 Å². The van der Waals surface area contributed by atoms with Gasteiger partial charge in [0.25, 0.3) is 0 Å². The van der Waals surface area contributed by atoms with Crippen molar-refractivity contribution in [2.75, 3.05) is 5.32 Å². The Morgan fingerprint density at radius 2 is 2.22 bits per heavy atom. The summed E-state index contributed by atoms with van der Waals surface area (Å²) in [5.41, 5.74) is 0.895. The molecule has 2 bridgehead atoms. The number of nitrogens with one attached hydrogen (secondary N) is 1. The predicted molar refractivity (Wildman–Crippen MR) is 72.4 cm³/mol. The molecule has 2 aliphatic carbocycles. The molecule has 2 aromatic rings. The minimum atomic E-state index is -0.183. The first-order chi connectivity index (χ1) is 8.78. The quantitative estimate of drug-likeness (QED) is 0.883. The van der Waals surface area contributed by atoms with E-state index in [-0.39, 0.29) is 5.82 Å². The SMILES string of the molecule is Fc1ccc2nc(NC3CC4CCC3C4)sc2c1. The van der Waals surface area contributed by atoms with Gasteiger partial charge in [0.1, 0.15) is 5.82 Å². The fraction of sp³-hybridized carbons (Fsp3) is 0.500. The van der Waals surface area contributed by atoms with Crippen LogP contribution in [0.3, 0.4) is 0 Å². The van der Waals surface area contributed by atoms with E-state index in [1.165, 1.54) is 31.7 Å². The van der Waals surface area contributed by atoms with Gasteiger partial charge in [-0.15, -0.1) is 0 Å². The average Bonchev–Trinajstić information content (AvgIpc) is 3.02. The second-order valence-electron chi connectivity index (χ2n) is 5.56. The number of nitrogens with zero attached hydrogens (tertiary/aromatic N) is 1. The number of hydrogen-bond donors (Lipinski definition) is 1. The molecule has 1 aromatic carbocycles. The van der Waals surface area contributed by atoms with Crippen LogP contribution in [0.25, 0.3) is 10.2 Å². The second-order valence-corrected chi connectivity index (χ2v) is 6.59. The van der Waals surface area contributed by atoms with E-state index in [1.54, 1.807) is 23.5 Å². The number of thiazole rings is 1. The Morgan fingerprint density at radius 3 is 3.00 bits per heavy atom. The molecule has 1 heterocycles. The highest BCUT2D eigenvalue weighted by Gasteiger charge is 2.39. The summed E-state index contributed by atoms with van der Waals surface area (Å²) in [4.78, 5) is 4.54. The van der Waals surface area contributed by atoms with Gasteiger partial charge in [-0.1, -0.05) is 17.8 Å². The highest BCUT2D eigenvalue weighted by atomic mass is 32.1. The maximum Gasteiger partial charge on any atom is 0.184 e. The molecule has 2 fully saturated rings. The van der Waals surface area contributed by atoms with Crippen LogP contribution < -0.4 is 5.32 Å². The Labute approximate surface area is 109 Å². The largest absolute Gasteiger partial charge is 0.358 e. The monoisotopic (exact) mass is 262 g/mol. The van der Waals surface area contributed by atoms with Gasteiger partial charge in [0.05, 0.1) is 10.2 Å². The van der Waals surface area contributed by atoms with Gasteiger partial charge < -0.3 is 5.32 Å². The lowest BCUT2D eigenvalue weighted by molar-refractivity contribution is 0.439. The summed E-state index contributed by atoms with van der Waals surface area (Å²) in [6.45, 7) is 0. The van der Waals surface area contributed by atoms with Crippen LogP contribution in [0, 0.1) is 17.7 Å². The van der Waals surface area contributed by atoms with Gasteiger partial charge >= 0.3 is 0 Å². The first-order valence-electron chi connectivity index (χ1n) is 6.60. The maximum absolute atomic E-state index is 13.1. The Hall–Kier alpha value is -1.16. The van der Waals surface area contributed by atoms with Crippen LogP contribution in [0.1, 0.15) is 25.7 Å². The lowest BCUT2D eigenvalue weighted by Gasteiger charge is -2.22. The third kappa shape index (κ3) is 1.70. The van der Waals surface area contributed by atoms with Crippen molar-refractivity contribution < 1.29 is 4.39 Å². The topological polar surface area (TPSA) is 24.9 Å². The van der Waals surface area contributed by atoms with Crippen molar-refractivity contribution in [3.05, 3.63) is 24.0 Å². The summed E-state index contributed by atoms with van der Waals surface area (Å²) in [6.07, 6.45) is 5.45. The molecule has 0 saturated heterocycles. The molecule has 3 atom stereocenters. The average molecular weight is 262 g/mol. The third-order valence-electron chi connectivity index (χ3n) is 4.40. The first kappa shape index (κ1) is 10.7. The van der Waals surface area contributed by atoms with Crippen LogP contribution >= 0.6 is 11.3 Å². The number of aromatic nitrogens is 1. The smallest absolute Gasteiger partial charge is 0.184 e. The maximum atomic E-state index is 13.1. The van der Waals surface area contributed by atoms with Crippen LogP contribution in [0.5, 0.6) is 0 Å². The molecule has 4 heteroatoms. The standard InChI is InChI=1S/C14H15FN2S/c15-10-3-4-11-13(7-10)18-14(16-11)17-12-6-8-1-2-9(12)5-8/h3-4,7-9,12H,1-2,5-6H2,(H,16,17). The number of rotatable bonds is 2. The van der Waals surface area contributed by atoms with E-state index in [0.717, 1.165) is 27.2 Å². The van der Waals surface area contributed by atoms with Crippen molar-refractivity contribution in [2.24, 2.45) is 11.8 Å². The zero-order valence-corrected chi connectivity index (χ0v) is 10.8. The molecule has 0 spiro atoms.